The smallest absolute Gasteiger partial charge is 0.260 e. The number of carbonyl (C=O) groups excluding carboxylic acids is 2. The summed E-state index contributed by atoms with van der Waals surface area (Å²) in [6.45, 7) is 5.30. The molecule has 5 aliphatic rings. The van der Waals surface area contributed by atoms with Crippen LogP contribution in [-0.4, -0.2) is 61.0 Å². The highest BCUT2D eigenvalue weighted by atomic mass is 16.5. The fourth-order valence-electron chi connectivity index (χ4n) is 7.11. The molecule has 5 fully saturated rings. The molecule has 174 valence electrons. The number of ether oxygens (including phenoxy) is 2. The van der Waals surface area contributed by atoms with Crippen molar-refractivity contribution in [2.45, 2.75) is 51.9 Å². The van der Waals surface area contributed by atoms with E-state index >= 15 is 0 Å². The lowest BCUT2D eigenvalue weighted by molar-refractivity contribution is -0.157. The molecule has 4 saturated carbocycles. The number of amides is 2. The van der Waals surface area contributed by atoms with Crippen molar-refractivity contribution in [2.75, 3.05) is 39.4 Å². The third-order valence-corrected chi connectivity index (χ3v) is 8.12. The Labute approximate surface area is 191 Å². The van der Waals surface area contributed by atoms with E-state index in [0.717, 1.165) is 55.7 Å². The van der Waals surface area contributed by atoms with E-state index in [0.29, 0.717) is 37.9 Å². The summed E-state index contributed by atoms with van der Waals surface area (Å²) >= 11 is 0. The zero-order valence-electron chi connectivity index (χ0n) is 19.3. The first-order chi connectivity index (χ1) is 15.5. The lowest BCUT2D eigenvalue weighted by atomic mass is 9.49. The van der Waals surface area contributed by atoms with Crippen molar-refractivity contribution in [3.63, 3.8) is 0 Å². The molecule has 32 heavy (non-hydrogen) atoms. The molecule has 4 aliphatic carbocycles. The second kappa shape index (κ2) is 8.95. The Morgan fingerprint density at radius 3 is 1.97 bits per heavy atom. The molecule has 1 heterocycles. The zero-order valence-corrected chi connectivity index (χ0v) is 19.3. The van der Waals surface area contributed by atoms with Gasteiger partial charge in [0.2, 0.25) is 5.91 Å². The molecule has 1 aromatic rings. The van der Waals surface area contributed by atoms with Gasteiger partial charge in [0.25, 0.3) is 5.91 Å². The maximum absolute atomic E-state index is 13.7. The average Bonchev–Trinajstić information content (AvgIpc) is 3.03. The van der Waals surface area contributed by atoms with E-state index in [4.69, 9.17) is 9.47 Å². The van der Waals surface area contributed by atoms with Crippen LogP contribution in [0.5, 0.6) is 11.5 Å². The molecule has 1 saturated heterocycles. The Hall–Kier alpha value is -2.24. The van der Waals surface area contributed by atoms with Crippen molar-refractivity contribution >= 4 is 11.8 Å². The normalized spacial score (nSPS) is 31.3. The third kappa shape index (κ3) is 4.33. The second-order valence-corrected chi connectivity index (χ2v) is 10.4. The van der Waals surface area contributed by atoms with Crippen molar-refractivity contribution in [3.8, 4) is 11.5 Å². The summed E-state index contributed by atoms with van der Waals surface area (Å²) < 4.78 is 11.1. The Balaban J connectivity index is 1.14. The Morgan fingerprint density at radius 2 is 1.38 bits per heavy atom. The molecule has 0 N–H and O–H groups in total. The van der Waals surface area contributed by atoms with Gasteiger partial charge in [-0.05, 0) is 93.9 Å². The molecule has 1 aliphatic heterocycles. The monoisotopic (exact) mass is 440 g/mol. The number of nitrogens with zero attached hydrogens (tertiary/aromatic N) is 2. The molecular weight excluding hydrogens is 404 g/mol. The van der Waals surface area contributed by atoms with Crippen LogP contribution in [0.2, 0.25) is 0 Å². The van der Waals surface area contributed by atoms with Crippen molar-refractivity contribution < 1.29 is 19.1 Å². The number of rotatable bonds is 6. The minimum Gasteiger partial charge on any atom is -0.494 e. The summed E-state index contributed by atoms with van der Waals surface area (Å²) in [6.07, 6.45) is 8.20. The standard InChI is InChI=1S/C26H36N2O4/c1-2-31-22-4-6-23(7-5-22)32-18-24(29)27-8-3-9-28(11-10-27)25(30)26-15-19-12-20(16-26)14-21(13-19)17-26/h4-7,19-21H,2-3,8-18H2,1H3. The van der Waals surface area contributed by atoms with Gasteiger partial charge >= 0.3 is 0 Å². The van der Waals surface area contributed by atoms with E-state index in [1.807, 2.05) is 36.1 Å². The summed E-state index contributed by atoms with van der Waals surface area (Å²) in [5.74, 6) is 4.15. The summed E-state index contributed by atoms with van der Waals surface area (Å²) in [4.78, 5) is 30.4. The second-order valence-electron chi connectivity index (χ2n) is 10.4. The van der Waals surface area contributed by atoms with Crippen molar-refractivity contribution in [3.05, 3.63) is 24.3 Å². The lowest BCUT2D eigenvalue weighted by Gasteiger charge is -2.56. The molecule has 2 amide bonds. The first-order valence-corrected chi connectivity index (χ1v) is 12.5. The van der Waals surface area contributed by atoms with Crippen LogP contribution >= 0.6 is 0 Å². The van der Waals surface area contributed by atoms with Gasteiger partial charge in [-0.3, -0.25) is 9.59 Å². The molecule has 6 heteroatoms. The van der Waals surface area contributed by atoms with Crippen LogP contribution in [0.3, 0.4) is 0 Å². The van der Waals surface area contributed by atoms with Crippen LogP contribution in [0.4, 0.5) is 0 Å². The molecule has 0 spiro atoms. The van der Waals surface area contributed by atoms with Gasteiger partial charge < -0.3 is 19.3 Å². The van der Waals surface area contributed by atoms with E-state index in [2.05, 4.69) is 4.90 Å². The minimum atomic E-state index is -0.0926. The molecular formula is C26H36N2O4. The van der Waals surface area contributed by atoms with Gasteiger partial charge in [0, 0.05) is 26.2 Å². The fraction of sp³-hybridized carbons (Fsp3) is 0.692. The van der Waals surface area contributed by atoms with E-state index in [1.165, 1.54) is 19.3 Å². The number of hydrogen-bond donors (Lipinski definition) is 0. The summed E-state index contributed by atoms with van der Waals surface area (Å²) in [7, 11) is 0. The van der Waals surface area contributed by atoms with E-state index in [9.17, 15) is 9.59 Å². The highest BCUT2D eigenvalue weighted by Gasteiger charge is 2.55. The van der Waals surface area contributed by atoms with Gasteiger partial charge in [-0.25, -0.2) is 0 Å². The predicted molar refractivity (Wildman–Crippen MR) is 121 cm³/mol. The zero-order chi connectivity index (χ0) is 22.1. The maximum Gasteiger partial charge on any atom is 0.260 e. The maximum atomic E-state index is 13.7. The van der Waals surface area contributed by atoms with Crippen molar-refractivity contribution in [2.24, 2.45) is 23.2 Å². The van der Waals surface area contributed by atoms with Crippen LogP contribution in [0, 0.1) is 23.2 Å². The first-order valence-electron chi connectivity index (χ1n) is 12.5. The summed E-state index contributed by atoms with van der Waals surface area (Å²) in [5.41, 5.74) is -0.0926. The quantitative estimate of drug-likeness (QED) is 0.676. The lowest BCUT2D eigenvalue weighted by Crippen LogP contribution is -2.55. The SMILES string of the molecule is CCOc1ccc(OCC(=O)N2CCCN(C(=O)C34CC5CC(CC(C5)C3)C4)CC2)cc1. The Kier molecular flexibility index (Phi) is 6.04. The third-order valence-electron chi connectivity index (χ3n) is 8.12. The highest BCUT2D eigenvalue weighted by molar-refractivity contribution is 5.83. The topological polar surface area (TPSA) is 59.1 Å². The van der Waals surface area contributed by atoms with E-state index in [-0.39, 0.29) is 17.9 Å². The number of benzene rings is 1. The van der Waals surface area contributed by atoms with Crippen LogP contribution in [0.25, 0.3) is 0 Å². The minimum absolute atomic E-state index is 0.0111. The molecule has 6 nitrogen and oxygen atoms in total. The number of hydrogen-bond acceptors (Lipinski definition) is 4. The van der Waals surface area contributed by atoms with Crippen LogP contribution in [0.1, 0.15) is 51.9 Å². The largest absolute Gasteiger partial charge is 0.494 e. The van der Waals surface area contributed by atoms with Gasteiger partial charge in [-0.2, -0.15) is 0 Å². The number of carbonyl (C=O) groups is 2. The fourth-order valence-corrected chi connectivity index (χ4v) is 7.11. The van der Waals surface area contributed by atoms with Gasteiger partial charge in [0.05, 0.1) is 12.0 Å². The highest BCUT2D eigenvalue weighted by Crippen LogP contribution is 2.60. The molecule has 0 unspecified atom stereocenters. The van der Waals surface area contributed by atoms with Crippen molar-refractivity contribution in [1.29, 1.82) is 0 Å². The van der Waals surface area contributed by atoms with Gasteiger partial charge in [-0.1, -0.05) is 0 Å². The van der Waals surface area contributed by atoms with Crippen LogP contribution in [0.15, 0.2) is 24.3 Å². The summed E-state index contributed by atoms with van der Waals surface area (Å²) in [5, 5.41) is 0. The molecule has 0 aromatic heterocycles. The molecule has 1 aromatic carbocycles. The average molecular weight is 441 g/mol. The Morgan fingerprint density at radius 1 is 0.844 bits per heavy atom. The van der Waals surface area contributed by atoms with Crippen LogP contribution < -0.4 is 9.47 Å². The summed E-state index contributed by atoms with van der Waals surface area (Å²) in [6, 6.07) is 7.35. The molecule has 0 radical (unpaired) electrons. The van der Waals surface area contributed by atoms with Gasteiger partial charge in [0.15, 0.2) is 6.61 Å². The van der Waals surface area contributed by atoms with Crippen molar-refractivity contribution in [1.82, 2.24) is 9.80 Å². The molecule has 0 atom stereocenters. The van der Waals surface area contributed by atoms with E-state index < -0.39 is 0 Å². The van der Waals surface area contributed by atoms with E-state index in [1.54, 1.807) is 0 Å². The van der Waals surface area contributed by atoms with Gasteiger partial charge in [-0.15, -0.1) is 0 Å². The predicted octanol–water partition coefficient (Wildman–Crippen LogP) is 3.74. The molecule has 6 rings (SSSR count). The molecule has 4 bridgehead atoms. The van der Waals surface area contributed by atoms with Crippen LogP contribution in [-0.2, 0) is 9.59 Å². The van der Waals surface area contributed by atoms with Gasteiger partial charge in [0.1, 0.15) is 11.5 Å². The Bertz CT molecular complexity index is 801. The first kappa shape index (κ1) is 21.6.